The number of aromatic nitrogens is 1. The van der Waals surface area contributed by atoms with Crippen molar-refractivity contribution in [2.24, 2.45) is 0 Å². The van der Waals surface area contributed by atoms with Crippen molar-refractivity contribution in [3.8, 4) is 0 Å². The molecule has 0 N–H and O–H groups in total. The molecule has 0 bridgehead atoms. The Morgan fingerprint density at radius 2 is 2.05 bits per heavy atom. The summed E-state index contributed by atoms with van der Waals surface area (Å²) >= 11 is 0. The Bertz CT molecular complexity index is 429. The molecule has 0 atom stereocenters. The van der Waals surface area contributed by atoms with E-state index >= 15 is 0 Å². The summed E-state index contributed by atoms with van der Waals surface area (Å²) in [7, 11) is 0. The fourth-order valence-electron chi connectivity index (χ4n) is 1.66. The van der Waals surface area contributed by atoms with Gasteiger partial charge in [-0.1, -0.05) is 6.92 Å². The molecule has 1 amide bonds. The maximum absolute atomic E-state index is 12.3. The monoisotopic (exact) mass is 264 g/mol. The van der Waals surface area contributed by atoms with E-state index in [-0.39, 0.29) is 18.4 Å². The summed E-state index contributed by atoms with van der Waals surface area (Å²) in [6.07, 6.45) is 2.32. The van der Waals surface area contributed by atoms with Crippen LogP contribution in [0.25, 0.3) is 0 Å². The molecule has 104 valence electrons. The van der Waals surface area contributed by atoms with Gasteiger partial charge in [0.15, 0.2) is 0 Å². The fraction of sp³-hybridized carbons (Fsp3) is 0.500. The number of aryl methyl sites for hydroxylation is 1. The number of nitrogens with zero attached hydrogens (tertiary/aromatic N) is 2. The highest BCUT2D eigenvalue weighted by molar-refractivity contribution is 5.95. The van der Waals surface area contributed by atoms with E-state index in [1.54, 1.807) is 19.1 Å². The molecule has 1 heterocycles. The van der Waals surface area contributed by atoms with Crippen molar-refractivity contribution >= 4 is 11.9 Å². The van der Waals surface area contributed by atoms with Crippen molar-refractivity contribution in [2.45, 2.75) is 27.2 Å². The second-order valence-electron chi connectivity index (χ2n) is 4.22. The van der Waals surface area contributed by atoms with Gasteiger partial charge in [0.05, 0.1) is 12.2 Å². The van der Waals surface area contributed by atoms with E-state index < -0.39 is 0 Å². The Labute approximate surface area is 113 Å². The van der Waals surface area contributed by atoms with Crippen LogP contribution in [0.5, 0.6) is 0 Å². The molecule has 1 aromatic heterocycles. The van der Waals surface area contributed by atoms with Gasteiger partial charge in [0, 0.05) is 18.4 Å². The second-order valence-corrected chi connectivity index (χ2v) is 4.22. The molecule has 0 aliphatic carbocycles. The van der Waals surface area contributed by atoms with Crippen LogP contribution in [0.3, 0.4) is 0 Å². The third-order valence-electron chi connectivity index (χ3n) is 2.56. The first-order chi connectivity index (χ1) is 9.08. The second kappa shape index (κ2) is 7.51. The molecular formula is C14H20N2O3. The molecule has 0 aromatic carbocycles. The number of amides is 1. The lowest BCUT2D eigenvalue weighted by Gasteiger charge is -2.20. The topological polar surface area (TPSA) is 59.5 Å². The Hall–Kier alpha value is -1.91. The van der Waals surface area contributed by atoms with E-state index in [0.29, 0.717) is 18.7 Å². The third kappa shape index (κ3) is 4.69. The molecule has 0 radical (unpaired) electrons. The largest absolute Gasteiger partial charge is 0.465 e. The first kappa shape index (κ1) is 15.1. The number of carbonyl (C=O) groups is 2. The number of ether oxygens (including phenoxy) is 1. The zero-order chi connectivity index (χ0) is 14.3. The van der Waals surface area contributed by atoms with Crippen LogP contribution in [0.4, 0.5) is 0 Å². The van der Waals surface area contributed by atoms with Crippen LogP contribution in [0.2, 0.25) is 0 Å². The molecule has 0 saturated carbocycles. The minimum atomic E-state index is -0.385. The molecule has 0 unspecified atom stereocenters. The Morgan fingerprint density at radius 3 is 2.58 bits per heavy atom. The highest BCUT2D eigenvalue weighted by atomic mass is 16.5. The molecule has 19 heavy (non-hydrogen) atoms. The first-order valence-electron chi connectivity index (χ1n) is 6.46. The Kier molecular flexibility index (Phi) is 5.99. The van der Waals surface area contributed by atoms with E-state index in [2.05, 4.69) is 4.98 Å². The van der Waals surface area contributed by atoms with Crippen LogP contribution >= 0.6 is 0 Å². The summed E-state index contributed by atoms with van der Waals surface area (Å²) in [6, 6.07) is 3.50. The third-order valence-corrected chi connectivity index (χ3v) is 2.56. The summed E-state index contributed by atoms with van der Waals surface area (Å²) < 4.78 is 4.88. The van der Waals surface area contributed by atoms with E-state index in [9.17, 15) is 9.59 Å². The molecule has 1 rings (SSSR count). The summed E-state index contributed by atoms with van der Waals surface area (Å²) in [5.74, 6) is -0.577. The summed E-state index contributed by atoms with van der Waals surface area (Å²) in [5.41, 5.74) is 1.34. The molecule has 1 aromatic rings. The first-order valence-corrected chi connectivity index (χ1v) is 6.46. The lowest BCUT2D eigenvalue weighted by Crippen LogP contribution is -2.37. The van der Waals surface area contributed by atoms with Gasteiger partial charge < -0.3 is 9.64 Å². The van der Waals surface area contributed by atoms with E-state index in [0.717, 1.165) is 12.1 Å². The average molecular weight is 264 g/mol. The molecule has 5 heteroatoms. The molecular weight excluding hydrogens is 244 g/mol. The van der Waals surface area contributed by atoms with Gasteiger partial charge in [0.1, 0.15) is 6.54 Å². The predicted octanol–water partition coefficient (Wildman–Crippen LogP) is 1.81. The Balaban J connectivity index is 2.77. The van der Waals surface area contributed by atoms with Gasteiger partial charge in [-0.05, 0) is 32.4 Å². The predicted molar refractivity (Wildman–Crippen MR) is 71.8 cm³/mol. The normalized spacial score (nSPS) is 10.1. The summed E-state index contributed by atoms with van der Waals surface area (Å²) in [4.78, 5) is 29.3. The molecule has 0 aliphatic heterocycles. The van der Waals surface area contributed by atoms with Crippen molar-refractivity contribution in [1.29, 1.82) is 0 Å². The van der Waals surface area contributed by atoms with Crippen LogP contribution in [0, 0.1) is 6.92 Å². The number of rotatable bonds is 6. The van der Waals surface area contributed by atoms with E-state index in [1.807, 2.05) is 13.8 Å². The van der Waals surface area contributed by atoms with E-state index in [1.165, 1.54) is 11.1 Å². The summed E-state index contributed by atoms with van der Waals surface area (Å²) in [5, 5.41) is 0. The standard InChI is InChI=1S/C14H20N2O3/c1-4-8-16(10-13(17)19-5-2)14(18)12-7-6-11(3)15-9-12/h6-7,9H,4-5,8,10H2,1-3H3. The maximum Gasteiger partial charge on any atom is 0.325 e. The van der Waals surface area contributed by atoms with Crippen LogP contribution in [-0.2, 0) is 9.53 Å². The van der Waals surface area contributed by atoms with Crippen LogP contribution in [0.15, 0.2) is 18.3 Å². The van der Waals surface area contributed by atoms with Gasteiger partial charge in [-0.25, -0.2) is 0 Å². The molecule has 0 fully saturated rings. The van der Waals surface area contributed by atoms with Crippen molar-refractivity contribution in [2.75, 3.05) is 19.7 Å². The van der Waals surface area contributed by atoms with E-state index in [4.69, 9.17) is 4.74 Å². The lowest BCUT2D eigenvalue weighted by molar-refractivity contribution is -0.143. The smallest absolute Gasteiger partial charge is 0.325 e. The van der Waals surface area contributed by atoms with Crippen molar-refractivity contribution in [3.63, 3.8) is 0 Å². The fourth-order valence-corrected chi connectivity index (χ4v) is 1.66. The van der Waals surface area contributed by atoms with Gasteiger partial charge in [-0.2, -0.15) is 0 Å². The average Bonchev–Trinajstić information content (AvgIpc) is 2.38. The number of carbonyl (C=O) groups excluding carboxylic acids is 2. The van der Waals surface area contributed by atoms with Crippen molar-refractivity contribution < 1.29 is 14.3 Å². The summed E-state index contributed by atoms with van der Waals surface area (Å²) in [6.45, 7) is 6.38. The number of pyridine rings is 1. The van der Waals surface area contributed by atoms with Gasteiger partial charge in [-0.15, -0.1) is 0 Å². The number of hydrogen-bond donors (Lipinski definition) is 0. The lowest BCUT2D eigenvalue weighted by atomic mass is 10.2. The van der Waals surface area contributed by atoms with Crippen LogP contribution in [-0.4, -0.2) is 41.5 Å². The van der Waals surface area contributed by atoms with Gasteiger partial charge in [-0.3, -0.25) is 14.6 Å². The minimum absolute atomic E-state index is 0.0195. The zero-order valence-electron chi connectivity index (χ0n) is 11.7. The maximum atomic E-state index is 12.3. The molecule has 5 nitrogen and oxygen atoms in total. The van der Waals surface area contributed by atoms with Gasteiger partial charge in [0.25, 0.3) is 5.91 Å². The molecule has 0 aliphatic rings. The number of hydrogen-bond acceptors (Lipinski definition) is 4. The van der Waals surface area contributed by atoms with Crippen molar-refractivity contribution in [1.82, 2.24) is 9.88 Å². The highest BCUT2D eigenvalue weighted by Gasteiger charge is 2.18. The van der Waals surface area contributed by atoms with Crippen LogP contribution < -0.4 is 0 Å². The minimum Gasteiger partial charge on any atom is -0.465 e. The molecule has 0 saturated heterocycles. The highest BCUT2D eigenvalue weighted by Crippen LogP contribution is 2.06. The quantitative estimate of drug-likeness (QED) is 0.735. The number of esters is 1. The van der Waals surface area contributed by atoms with Gasteiger partial charge in [0.2, 0.25) is 0 Å². The zero-order valence-corrected chi connectivity index (χ0v) is 11.7. The van der Waals surface area contributed by atoms with Crippen LogP contribution in [0.1, 0.15) is 36.3 Å². The molecule has 0 spiro atoms. The Morgan fingerprint density at radius 1 is 1.32 bits per heavy atom. The van der Waals surface area contributed by atoms with Crippen molar-refractivity contribution in [3.05, 3.63) is 29.6 Å². The van der Waals surface area contributed by atoms with Gasteiger partial charge >= 0.3 is 5.97 Å². The SMILES string of the molecule is CCCN(CC(=O)OCC)C(=O)c1ccc(C)nc1.